The van der Waals surface area contributed by atoms with Crippen LogP contribution in [-0.4, -0.2) is 53.1 Å². The molecule has 44 heavy (non-hydrogen) atoms. The largest absolute Gasteiger partial charge is 0.495 e. The number of rotatable bonds is 6. The molecule has 9 nitrogen and oxygen atoms in total. The smallest absolute Gasteiger partial charge is 0.271 e. The van der Waals surface area contributed by atoms with Crippen molar-refractivity contribution in [3.05, 3.63) is 58.4 Å². The topological polar surface area (TPSA) is 108 Å². The van der Waals surface area contributed by atoms with E-state index in [2.05, 4.69) is 59.9 Å². The number of aryl methyl sites for hydroxylation is 1. The SMILES string of the molecule is COc1cc2c(cc1N(N)/C=C(\N)C[C@H]1COC(C)(C)O1)-c1c(-c3cccs3)c3c(n1CC2)C(=O)N(C(C)(C)C)CCCC3. The number of ether oxygens (including phenoxy) is 3. The molecule has 0 radical (unpaired) electrons. The zero-order chi connectivity index (χ0) is 31.4. The average Bonchev–Trinajstić information content (AvgIpc) is 3.67. The van der Waals surface area contributed by atoms with Crippen LogP contribution in [0.3, 0.4) is 0 Å². The van der Waals surface area contributed by atoms with Crippen molar-refractivity contribution in [2.45, 2.75) is 90.7 Å². The van der Waals surface area contributed by atoms with Gasteiger partial charge in [0.25, 0.3) is 5.91 Å². The maximum atomic E-state index is 14.4. The summed E-state index contributed by atoms with van der Waals surface area (Å²) >= 11 is 1.72. The summed E-state index contributed by atoms with van der Waals surface area (Å²) in [5.41, 5.74) is 13.9. The fourth-order valence-corrected chi connectivity index (χ4v) is 7.65. The highest BCUT2D eigenvalue weighted by atomic mass is 32.1. The molecule has 4 N–H and O–H groups in total. The summed E-state index contributed by atoms with van der Waals surface area (Å²) in [6.07, 6.45) is 5.75. The third kappa shape index (κ3) is 5.64. The number of nitrogens with zero attached hydrogens (tertiary/aromatic N) is 3. The summed E-state index contributed by atoms with van der Waals surface area (Å²) in [7, 11) is 1.66. The highest BCUT2D eigenvalue weighted by Crippen LogP contribution is 2.48. The van der Waals surface area contributed by atoms with E-state index in [1.807, 2.05) is 13.8 Å². The van der Waals surface area contributed by atoms with Gasteiger partial charge in [-0.1, -0.05) is 6.07 Å². The average molecular weight is 620 g/mol. The first-order valence-electron chi connectivity index (χ1n) is 15.5. The zero-order valence-corrected chi connectivity index (χ0v) is 27.6. The number of carbonyl (C=O) groups is 1. The van der Waals surface area contributed by atoms with E-state index in [-0.39, 0.29) is 17.6 Å². The van der Waals surface area contributed by atoms with Gasteiger partial charge in [0.05, 0.1) is 31.2 Å². The Morgan fingerprint density at radius 2 is 2.00 bits per heavy atom. The Labute approximate surface area is 264 Å². The van der Waals surface area contributed by atoms with Crippen LogP contribution in [-0.2, 0) is 28.9 Å². The molecule has 0 spiro atoms. The van der Waals surface area contributed by atoms with Gasteiger partial charge < -0.3 is 29.4 Å². The van der Waals surface area contributed by atoms with Gasteiger partial charge in [-0.25, -0.2) is 5.84 Å². The van der Waals surface area contributed by atoms with E-state index in [4.69, 9.17) is 25.8 Å². The Hall–Kier alpha value is -3.31. The minimum absolute atomic E-state index is 0.117. The summed E-state index contributed by atoms with van der Waals surface area (Å²) in [6, 6.07) is 8.43. The van der Waals surface area contributed by atoms with Gasteiger partial charge in [-0.2, -0.15) is 0 Å². The van der Waals surface area contributed by atoms with Crippen molar-refractivity contribution in [3.63, 3.8) is 0 Å². The number of thiophene rings is 1. The lowest BCUT2D eigenvalue weighted by atomic mass is 9.92. The second kappa shape index (κ2) is 11.6. The predicted molar refractivity (Wildman–Crippen MR) is 176 cm³/mol. The fraction of sp³-hybridized carbons (Fsp3) is 0.500. The Kier molecular flexibility index (Phi) is 8.07. The number of hydrogen-bond donors (Lipinski definition) is 2. The van der Waals surface area contributed by atoms with E-state index in [1.54, 1.807) is 24.6 Å². The lowest BCUT2D eigenvalue weighted by molar-refractivity contribution is -0.138. The van der Waals surface area contributed by atoms with Crippen molar-refractivity contribution in [3.8, 4) is 27.4 Å². The molecule has 1 amide bonds. The van der Waals surface area contributed by atoms with Crippen molar-refractivity contribution in [1.82, 2.24) is 9.47 Å². The molecule has 3 aliphatic heterocycles. The van der Waals surface area contributed by atoms with Gasteiger partial charge in [-0.05, 0) is 95.0 Å². The van der Waals surface area contributed by atoms with Gasteiger partial charge in [0.2, 0.25) is 0 Å². The third-order valence-electron chi connectivity index (χ3n) is 8.83. The number of aromatic nitrogens is 1. The molecular formula is C34H45N5O4S. The Balaban J connectivity index is 1.47. The molecule has 0 saturated carbocycles. The Morgan fingerprint density at radius 1 is 1.20 bits per heavy atom. The molecule has 1 fully saturated rings. The summed E-state index contributed by atoms with van der Waals surface area (Å²) in [5, 5.41) is 3.64. The summed E-state index contributed by atoms with van der Waals surface area (Å²) < 4.78 is 19.8. The maximum absolute atomic E-state index is 14.4. The number of fused-ring (bicyclic) bond motifs is 5. The zero-order valence-electron chi connectivity index (χ0n) is 26.7. The lowest BCUT2D eigenvalue weighted by Gasteiger charge is -2.37. The molecule has 6 rings (SSSR count). The second-order valence-corrected chi connectivity index (χ2v) is 14.4. The first kappa shape index (κ1) is 30.7. The molecule has 3 aromatic rings. The van der Waals surface area contributed by atoms with Gasteiger partial charge in [-0.3, -0.25) is 9.80 Å². The van der Waals surface area contributed by atoms with Crippen LogP contribution in [0.2, 0.25) is 0 Å². The molecule has 0 aliphatic carbocycles. The van der Waals surface area contributed by atoms with Crippen LogP contribution in [0.4, 0.5) is 5.69 Å². The van der Waals surface area contributed by atoms with Crippen molar-refractivity contribution in [2.24, 2.45) is 11.6 Å². The van der Waals surface area contributed by atoms with E-state index >= 15 is 0 Å². The standard InChI is InChI=1S/C34H45N5O4S/c1-33(2,3)38-13-8-7-10-24-29(28-11-9-15-44-28)30-25-18-26(39(36)19-22(35)17-23-20-42-34(4,5)43-23)27(41-6)16-21(25)12-14-37(30)31(24)32(38)40/h9,11,15-16,18-19,23H,7-8,10,12-14,17,20,35-36H2,1-6H3/b22-19-/t23-/m0/s1. The molecule has 236 valence electrons. The van der Waals surface area contributed by atoms with Crippen LogP contribution in [0.5, 0.6) is 5.75 Å². The fourth-order valence-electron chi connectivity index (χ4n) is 6.85. The molecule has 0 bridgehead atoms. The maximum Gasteiger partial charge on any atom is 0.271 e. The van der Waals surface area contributed by atoms with E-state index in [0.717, 1.165) is 66.9 Å². The molecule has 3 aliphatic rings. The number of benzene rings is 1. The summed E-state index contributed by atoms with van der Waals surface area (Å²) in [5.74, 6) is 6.84. The van der Waals surface area contributed by atoms with Crippen molar-refractivity contribution in [1.29, 1.82) is 0 Å². The van der Waals surface area contributed by atoms with Crippen LogP contribution in [0.15, 0.2) is 41.5 Å². The van der Waals surface area contributed by atoms with Crippen LogP contribution >= 0.6 is 11.3 Å². The summed E-state index contributed by atoms with van der Waals surface area (Å²) in [6.45, 7) is 12.1. The predicted octanol–water partition coefficient (Wildman–Crippen LogP) is 6.05. The van der Waals surface area contributed by atoms with Crippen molar-refractivity contribution in [2.75, 3.05) is 25.3 Å². The molecule has 5 heterocycles. The Morgan fingerprint density at radius 3 is 2.66 bits per heavy atom. The number of carbonyl (C=O) groups excluding carboxylic acids is 1. The number of hydrogen-bond acceptors (Lipinski definition) is 8. The molecule has 1 saturated heterocycles. The number of amides is 1. The number of nitrogens with two attached hydrogens (primary N) is 2. The highest BCUT2D eigenvalue weighted by molar-refractivity contribution is 7.13. The van der Waals surface area contributed by atoms with Gasteiger partial charge >= 0.3 is 0 Å². The van der Waals surface area contributed by atoms with Crippen molar-refractivity contribution < 1.29 is 19.0 Å². The van der Waals surface area contributed by atoms with Crippen LogP contribution < -0.4 is 21.3 Å². The van der Waals surface area contributed by atoms with Crippen LogP contribution in [0, 0.1) is 0 Å². The lowest BCUT2D eigenvalue weighted by Crippen LogP contribution is -2.47. The molecule has 2 aromatic heterocycles. The molecule has 0 unspecified atom stereocenters. The van der Waals surface area contributed by atoms with Crippen LogP contribution in [0.25, 0.3) is 21.7 Å². The number of methoxy groups -OCH3 is 1. The first-order chi connectivity index (χ1) is 20.9. The van der Waals surface area contributed by atoms with E-state index in [0.29, 0.717) is 30.2 Å². The monoisotopic (exact) mass is 619 g/mol. The minimum atomic E-state index is -0.618. The minimum Gasteiger partial charge on any atom is -0.495 e. The first-order valence-corrected chi connectivity index (χ1v) is 16.4. The van der Waals surface area contributed by atoms with Gasteiger partial charge in [0.1, 0.15) is 11.4 Å². The Bertz CT molecular complexity index is 1580. The van der Waals surface area contributed by atoms with E-state index in [9.17, 15) is 4.79 Å². The molecular weight excluding hydrogens is 574 g/mol. The third-order valence-corrected chi connectivity index (χ3v) is 9.71. The summed E-state index contributed by atoms with van der Waals surface area (Å²) in [4.78, 5) is 17.6. The number of hydrazine groups is 1. The molecule has 1 aromatic carbocycles. The van der Waals surface area contributed by atoms with Crippen LogP contribution in [0.1, 0.15) is 75.5 Å². The van der Waals surface area contributed by atoms with E-state index in [1.165, 1.54) is 15.4 Å². The number of anilines is 1. The molecule has 1 atom stereocenters. The second-order valence-electron chi connectivity index (χ2n) is 13.5. The van der Waals surface area contributed by atoms with E-state index < -0.39 is 5.79 Å². The van der Waals surface area contributed by atoms with Crippen molar-refractivity contribution >= 4 is 22.9 Å². The molecule has 10 heteroatoms. The van der Waals surface area contributed by atoms with Gasteiger partial charge in [0.15, 0.2) is 5.79 Å². The highest BCUT2D eigenvalue weighted by Gasteiger charge is 2.38. The quantitative estimate of drug-likeness (QED) is 0.256. The normalized spacial score (nSPS) is 20.1. The van der Waals surface area contributed by atoms with Gasteiger partial charge in [-0.15, -0.1) is 11.3 Å². The van der Waals surface area contributed by atoms with Gasteiger partial charge in [0, 0.05) is 53.0 Å².